The number of aromatic nitrogens is 1. The van der Waals surface area contributed by atoms with E-state index in [0.717, 1.165) is 29.7 Å². The summed E-state index contributed by atoms with van der Waals surface area (Å²) in [7, 11) is 4.79. The second-order valence-corrected chi connectivity index (χ2v) is 5.20. The van der Waals surface area contributed by atoms with Gasteiger partial charge in [-0.2, -0.15) is 0 Å². The van der Waals surface area contributed by atoms with Gasteiger partial charge in [-0.05, 0) is 37.0 Å². The van der Waals surface area contributed by atoms with E-state index in [1.54, 1.807) is 21.3 Å². The number of rotatable bonds is 7. The number of nitrogens with one attached hydrogen (secondary N) is 1. The Morgan fingerprint density at radius 2 is 1.70 bits per heavy atom. The molecule has 0 aliphatic rings. The molecule has 1 heterocycles. The maximum absolute atomic E-state index is 12.1. The highest BCUT2D eigenvalue weighted by atomic mass is 16.5. The number of aromatic amines is 1. The first-order chi connectivity index (χ1) is 11.1. The zero-order valence-electron chi connectivity index (χ0n) is 14.1. The van der Waals surface area contributed by atoms with Crippen LogP contribution in [0.4, 0.5) is 0 Å². The van der Waals surface area contributed by atoms with Crippen molar-refractivity contribution in [3.8, 4) is 17.4 Å². The van der Waals surface area contributed by atoms with Gasteiger partial charge in [0.05, 0.1) is 21.3 Å². The van der Waals surface area contributed by atoms with Gasteiger partial charge >= 0.3 is 0 Å². The zero-order chi connectivity index (χ0) is 16.8. The van der Waals surface area contributed by atoms with Crippen molar-refractivity contribution in [2.45, 2.75) is 26.2 Å². The quantitative estimate of drug-likeness (QED) is 0.853. The molecule has 0 unspecified atom stereocenters. The number of hydrogen-bond acceptors (Lipinski definition) is 4. The van der Waals surface area contributed by atoms with E-state index in [1.165, 1.54) is 6.07 Å². The van der Waals surface area contributed by atoms with Gasteiger partial charge in [-0.1, -0.05) is 13.0 Å². The predicted octanol–water partition coefficient (Wildman–Crippen LogP) is 2.75. The van der Waals surface area contributed by atoms with Gasteiger partial charge in [0.1, 0.15) is 0 Å². The van der Waals surface area contributed by atoms with Crippen LogP contribution < -0.4 is 19.6 Å². The molecule has 5 heteroatoms. The Kier molecular flexibility index (Phi) is 5.68. The molecule has 0 aliphatic carbocycles. The van der Waals surface area contributed by atoms with Crippen LogP contribution in [-0.2, 0) is 19.3 Å². The lowest BCUT2D eigenvalue weighted by Gasteiger charge is -2.12. The van der Waals surface area contributed by atoms with Crippen LogP contribution in [0.5, 0.6) is 17.4 Å². The fraction of sp³-hybridized carbons (Fsp3) is 0.389. The minimum absolute atomic E-state index is 0.0189. The number of ether oxygens (including phenoxy) is 3. The summed E-state index contributed by atoms with van der Waals surface area (Å²) in [6, 6.07) is 7.36. The maximum Gasteiger partial charge on any atom is 0.194 e. The van der Waals surface area contributed by atoms with Crippen LogP contribution >= 0.6 is 0 Å². The summed E-state index contributed by atoms with van der Waals surface area (Å²) in [5.74, 6) is 1.91. The molecule has 0 radical (unpaired) electrons. The van der Waals surface area contributed by atoms with Crippen molar-refractivity contribution in [2.24, 2.45) is 0 Å². The van der Waals surface area contributed by atoms with Gasteiger partial charge in [-0.25, -0.2) is 0 Å². The second kappa shape index (κ2) is 7.72. The Morgan fingerprint density at radius 1 is 0.957 bits per heavy atom. The molecule has 1 aromatic carbocycles. The van der Waals surface area contributed by atoms with Crippen molar-refractivity contribution in [3.05, 3.63) is 51.3 Å². The average Bonchev–Trinajstić information content (AvgIpc) is 2.58. The van der Waals surface area contributed by atoms with Gasteiger partial charge in [0.25, 0.3) is 0 Å². The molecule has 0 saturated carbocycles. The average molecular weight is 317 g/mol. The van der Waals surface area contributed by atoms with E-state index < -0.39 is 0 Å². The summed E-state index contributed by atoms with van der Waals surface area (Å²) in [5.41, 5.74) is 2.87. The van der Waals surface area contributed by atoms with Gasteiger partial charge in [0.2, 0.25) is 0 Å². The highest BCUT2D eigenvalue weighted by molar-refractivity contribution is 5.43. The van der Waals surface area contributed by atoms with Gasteiger partial charge in [0, 0.05) is 17.3 Å². The molecule has 1 N–H and O–H groups in total. The Morgan fingerprint density at radius 3 is 2.30 bits per heavy atom. The number of aryl methyl sites for hydroxylation is 2. The smallest absolute Gasteiger partial charge is 0.194 e. The van der Waals surface area contributed by atoms with Crippen molar-refractivity contribution >= 4 is 0 Å². The lowest BCUT2D eigenvalue weighted by molar-refractivity contribution is 0.354. The van der Waals surface area contributed by atoms with Gasteiger partial charge in [0.15, 0.2) is 22.8 Å². The molecule has 124 valence electrons. The fourth-order valence-electron chi connectivity index (χ4n) is 2.63. The van der Waals surface area contributed by atoms with Crippen molar-refractivity contribution in [1.82, 2.24) is 4.98 Å². The highest BCUT2D eigenvalue weighted by Crippen LogP contribution is 2.28. The summed E-state index contributed by atoms with van der Waals surface area (Å²) < 4.78 is 15.7. The summed E-state index contributed by atoms with van der Waals surface area (Å²) in [6.45, 7) is 1.98. The molecule has 2 aromatic rings. The van der Waals surface area contributed by atoms with Crippen molar-refractivity contribution < 1.29 is 14.2 Å². The lowest BCUT2D eigenvalue weighted by atomic mass is 10.0. The number of pyridine rings is 1. The minimum Gasteiger partial charge on any atom is -0.493 e. The Labute approximate surface area is 136 Å². The lowest BCUT2D eigenvalue weighted by Crippen LogP contribution is -2.14. The monoisotopic (exact) mass is 317 g/mol. The molecule has 1 aromatic heterocycles. The summed E-state index contributed by atoms with van der Waals surface area (Å²) in [6.07, 6.45) is 2.21. The third-order valence-corrected chi connectivity index (χ3v) is 3.88. The molecular weight excluding hydrogens is 294 g/mol. The van der Waals surface area contributed by atoms with Crippen LogP contribution in [-0.4, -0.2) is 26.3 Å². The minimum atomic E-state index is 0.0189. The van der Waals surface area contributed by atoms with E-state index >= 15 is 0 Å². The first kappa shape index (κ1) is 16.9. The van der Waals surface area contributed by atoms with Crippen molar-refractivity contribution in [1.29, 1.82) is 0 Å². The highest BCUT2D eigenvalue weighted by Gasteiger charge is 2.10. The fourth-order valence-corrected chi connectivity index (χ4v) is 2.63. The molecule has 5 nitrogen and oxygen atoms in total. The topological polar surface area (TPSA) is 60.6 Å². The third kappa shape index (κ3) is 3.86. The normalized spacial score (nSPS) is 10.4. The molecule has 0 aliphatic heterocycles. The summed E-state index contributed by atoms with van der Waals surface area (Å²) in [5, 5.41) is 0. The van der Waals surface area contributed by atoms with Gasteiger partial charge in [-0.3, -0.25) is 4.79 Å². The summed E-state index contributed by atoms with van der Waals surface area (Å²) >= 11 is 0. The largest absolute Gasteiger partial charge is 0.493 e. The van der Waals surface area contributed by atoms with E-state index in [9.17, 15) is 4.79 Å². The van der Waals surface area contributed by atoms with Crippen LogP contribution in [0.25, 0.3) is 0 Å². The summed E-state index contributed by atoms with van der Waals surface area (Å²) in [4.78, 5) is 15.3. The molecule has 0 amide bonds. The maximum atomic E-state index is 12.1. The Balaban J connectivity index is 2.24. The number of hydrogen-bond donors (Lipinski definition) is 1. The Hall–Kier alpha value is -2.43. The van der Waals surface area contributed by atoms with Crippen LogP contribution in [0, 0.1) is 0 Å². The molecule has 0 atom stereocenters. The first-order valence-electron chi connectivity index (χ1n) is 7.62. The molecule has 0 bridgehead atoms. The predicted molar refractivity (Wildman–Crippen MR) is 89.9 cm³/mol. The van der Waals surface area contributed by atoms with Crippen LogP contribution in [0.1, 0.15) is 23.7 Å². The van der Waals surface area contributed by atoms with Gasteiger partial charge < -0.3 is 19.2 Å². The third-order valence-electron chi connectivity index (χ3n) is 3.88. The van der Waals surface area contributed by atoms with Crippen molar-refractivity contribution in [3.63, 3.8) is 0 Å². The number of benzene rings is 1. The molecule has 0 saturated heterocycles. The molecule has 23 heavy (non-hydrogen) atoms. The number of methoxy groups -OCH3 is 3. The molecule has 2 rings (SSSR count). The Bertz CT molecular complexity index is 721. The van der Waals surface area contributed by atoms with E-state index in [2.05, 4.69) is 4.98 Å². The van der Waals surface area contributed by atoms with Crippen LogP contribution in [0.2, 0.25) is 0 Å². The van der Waals surface area contributed by atoms with E-state index in [1.807, 2.05) is 25.1 Å². The van der Waals surface area contributed by atoms with E-state index in [-0.39, 0.29) is 5.43 Å². The second-order valence-electron chi connectivity index (χ2n) is 5.20. The zero-order valence-corrected chi connectivity index (χ0v) is 14.1. The van der Waals surface area contributed by atoms with Crippen LogP contribution in [0.15, 0.2) is 29.1 Å². The SMILES string of the molecule is CCc1c(CCc2ccc(OC)c(OC)c2)[nH]c(OC)cc1=O. The number of H-pyrrole nitrogens is 1. The molecule has 0 spiro atoms. The van der Waals surface area contributed by atoms with Gasteiger partial charge in [-0.15, -0.1) is 0 Å². The first-order valence-corrected chi connectivity index (χ1v) is 7.62. The molecular formula is C18H23NO4. The van der Waals surface area contributed by atoms with Crippen molar-refractivity contribution in [2.75, 3.05) is 21.3 Å². The standard InChI is InChI=1S/C18H23NO4/c1-5-13-14(19-18(23-4)11-15(13)20)8-6-12-7-9-16(21-2)17(10-12)22-3/h7,9-11H,5-6,8H2,1-4H3,(H,19,20). The van der Waals surface area contributed by atoms with E-state index in [0.29, 0.717) is 23.8 Å². The van der Waals surface area contributed by atoms with E-state index in [4.69, 9.17) is 14.2 Å². The molecule has 0 fully saturated rings. The van der Waals surface area contributed by atoms with Crippen LogP contribution in [0.3, 0.4) is 0 Å².